The van der Waals surface area contributed by atoms with Gasteiger partial charge >= 0.3 is 10.3 Å². The number of rotatable bonds is 1. The largest absolute Gasteiger partial charge is 0.362 e. The number of fused-ring (bicyclic) bond motifs is 1. The normalized spacial score (nSPS) is 30.1. The lowest BCUT2D eigenvalue weighted by atomic mass is 10.0. The summed E-state index contributed by atoms with van der Waals surface area (Å²) in [5, 5.41) is 0. The van der Waals surface area contributed by atoms with E-state index in [1.54, 1.807) is 0 Å². The van der Waals surface area contributed by atoms with Crippen molar-refractivity contribution in [3.8, 4) is 0 Å². The summed E-state index contributed by atoms with van der Waals surface area (Å²) in [5.74, 6) is -0.985. The quantitative estimate of drug-likeness (QED) is 0.445. The number of hydrogen-bond donors (Lipinski definition) is 1. The molecule has 0 aromatic heterocycles. The number of hydrogen-bond acceptors (Lipinski definition) is 4. The molecule has 2 atom stereocenters. The van der Waals surface area contributed by atoms with Crippen LogP contribution in [-0.2, 0) is 19.9 Å². The van der Waals surface area contributed by atoms with Crippen molar-refractivity contribution in [1.29, 1.82) is 0 Å². The highest BCUT2D eigenvalue weighted by atomic mass is 32.2. The first-order valence-electron chi connectivity index (χ1n) is 4.42. The molecule has 8 heteroatoms. The van der Waals surface area contributed by atoms with Crippen molar-refractivity contribution in [2.75, 3.05) is 6.54 Å². The van der Waals surface area contributed by atoms with E-state index in [0.29, 0.717) is 17.3 Å². The molecule has 0 unspecified atom stereocenters. The first kappa shape index (κ1) is 10.4. The van der Waals surface area contributed by atoms with E-state index in [1.165, 1.54) is 11.8 Å². The molecule has 2 fully saturated rings. The van der Waals surface area contributed by atoms with E-state index < -0.39 is 28.3 Å². The van der Waals surface area contributed by atoms with Crippen molar-refractivity contribution >= 4 is 22.1 Å². The van der Waals surface area contributed by atoms with Crippen LogP contribution in [-0.4, -0.2) is 52.6 Å². The molecule has 2 aliphatic rings. The Morgan fingerprint density at radius 1 is 1.53 bits per heavy atom. The molecule has 0 radical (unpaired) electrons. The van der Waals surface area contributed by atoms with Crippen molar-refractivity contribution < 1.29 is 22.6 Å². The third-order valence-electron chi connectivity index (χ3n) is 2.79. The van der Waals surface area contributed by atoms with Crippen molar-refractivity contribution in [3.05, 3.63) is 0 Å². The van der Waals surface area contributed by atoms with Crippen LogP contribution in [0.15, 0.2) is 0 Å². The Hall–Kier alpha value is -1.15. The molecule has 2 saturated heterocycles. The highest BCUT2D eigenvalue weighted by Crippen LogP contribution is 2.35. The van der Waals surface area contributed by atoms with Gasteiger partial charge in [-0.3, -0.25) is 14.1 Å². The lowest BCUT2D eigenvalue weighted by Crippen LogP contribution is -2.68. The minimum absolute atomic E-state index is 0.258. The zero-order valence-electron chi connectivity index (χ0n) is 7.95. The molecule has 2 aliphatic heterocycles. The van der Waals surface area contributed by atoms with Crippen molar-refractivity contribution in [2.24, 2.45) is 0 Å². The number of likely N-dealkylation sites (tertiary alicyclic amines) is 1. The average Bonchev–Trinajstić information content (AvgIpc) is 2.40. The van der Waals surface area contributed by atoms with Gasteiger partial charge in [-0.1, -0.05) is 0 Å². The molecular weight excluding hydrogens is 224 g/mol. The summed E-state index contributed by atoms with van der Waals surface area (Å²) in [6, 6.07) is -1.29. The van der Waals surface area contributed by atoms with E-state index >= 15 is 0 Å². The van der Waals surface area contributed by atoms with E-state index in [-0.39, 0.29) is 5.91 Å². The van der Waals surface area contributed by atoms with Gasteiger partial charge in [-0.15, -0.1) is 0 Å². The van der Waals surface area contributed by atoms with Gasteiger partial charge in [0.2, 0.25) is 5.91 Å². The predicted octanol–water partition coefficient (Wildman–Crippen LogP) is -1.38. The summed E-state index contributed by atoms with van der Waals surface area (Å²) < 4.78 is 30.8. The second-order valence-corrected chi connectivity index (χ2v) is 4.91. The van der Waals surface area contributed by atoms with Crippen molar-refractivity contribution in [1.82, 2.24) is 9.21 Å². The standard InChI is InChI=1S/C7H10N2O5S/c1-4(10)8-3-2-5-6(8)7(11)9(5)15(12,13)14/h5-6H,2-3H2,1H3,(H,12,13,14)/t5-,6+/m1/s1. The van der Waals surface area contributed by atoms with Gasteiger partial charge in [0.05, 0.1) is 6.04 Å². The Kier molecular flexibility index (Phi) is 2.02. The van der Waals surface area contributed by atoms with Gasteiger partial charge in [-0.05, 0) is 6.42 Å². The molecular formula is C7H10N2O5S. The van der Waals surface area contributed by atoms with Crippen LogP contribution in [0.5, 0.6) is 0 Å². The lowest BCUT2D eigenvalue weighted by molar-refractivity contribution is -0.150. The van der Waals surface area contributed by atoms with Crippen molar-refractivity contribution in [3.63, 3.8) is 0 Å². The number of carbonyl (C=O) groups is 2. The minimum atomic E-state index is -4.47. The van der Waals surface area contributed by atoms with Crippen LogP contribution in [0.4, 0.5) is 0 Å². The number of β-lactam (4-membered cyclic amide) rings is 1. The molecule has 0 saturated carbocycles. The Morgan fingerprint density at radius 3 is 2.60 bits per heavy atom. The fourth-order valence-electron chi connectivity index (χ4n) is 2.17. The third kappa shape index (κ3) is 1.32. The first-order chi connectivity index (χ1) is 6.84. The highest BCUT2D eigenvalue weighted by molar-refractivity contribution is 7.84. The van der Waals surface area contributed by atoms with E-state index in [2.05, 4.69) is 0 Å². The van der Waals surface area contributed by atoms with Crippen LogP contribution in [0, 0.1) is 0 Å². The van der Waals surface area contributed by atoms with Crippen LogP contribution in [0.25, 0.3) is 0 Å². The first-order valence-corrected chi connectivity index (χ1v) is 5.81. The maximum Gasteiger partial charge on any atom is 0.362 e. The molecule has 15 heavy (non-hydrogen) atoms. The molecule has 1 N–H and O–H groups in total. The Labute approximate surface area is 86.5 Å². The predicted molar refractivity (Wildman–Crippen MR) is 48.0 cm³/mol. The van der Waals surface area contributed by atoms with E-state index in [9.17, 15) is 18.0 Å². The summed E-state index contributed by atoms with van der Waals surface area (Å²) in [7, 11) is -4.47. The molecule has 0 aliphatic carbocycles. The topological polar surface area (TPSA) is 95.0 Å². The van der Waals surface area contributed by atoms with Gasteiger partial charge in [0.1, 0.15) is 6.04 Å². The molecule has 7 nitrogen and oxygen atoms in total. The van der Waals surface area contributed by atoms with Gasteiger partial charge in [0, 0.05) is 13.5 Å². The minimum Gasteiger partial charge on any atom is -0.329 e. The molecule has 2 rings (SSSR count). The van der Waals surface area contributed by atoms with E-state index in [0.717, 1.165) is 0 Å². The van der Waals surface area contributed by atoms with Crippen molar-refractivity contribution in [2.45, 2.75) is 25.4 Å². The highest BCUT2D eigenvalue weighted by Gasteiger charge is 2.59. The smallest absolute Gasteiger partial charge is 0.329 e. The molecule has 2 amide bonds. The number of nitrogens with zero attached hydrogens (tertiary/aromatic N) is 2. The molecule has 0 aromatic rings. The second kappa shape index (κ2) is 2.92. The van der Waals surface area contributed by atoms with Crippen LogP contribution in [0.1, 0.15) is 13.3 Å². The van der Waals surface area contributed by atoms with E-state index in [1.807, 2.05) is 0 Å². The van der Waals surface area contributed by atoms with E-state index in [4.69, 9.17) is 4.55 Å². The number of amides is 2. The molecule has 2 heterocycles. The summed E-state index contributed by atoms with van der Waals surface area (Å²) in [6.07, 6.45) is 0.385. The van der Waals surface area contributed by atoms with Crippen LogP contribution in [0.2, 0.25) is 0 Å². The van der Waals surface area contributed by atoms with Gasteiger partial charge in [-0.25, -0.2) is 4.31 Å². The number of carbonyl (C=O) groups excluding carboxylic acids is 2. The summed E-state index contributed by atoms with van der Waals surface area (Å²) >= 11 is 0. The Balaban J connectivity index is 2.24. The Bertz CT molecular complexity index is 431. The zero-order chi connectivity index (χ0) is 11.4. The maximum absolute atomic E-state index is 11.4. The van der Waals surface area contributed by atoms with Gasteiger partial charge in [0.15, 0.2) is 0 Å². The second-order valence-electron chi connectivity index (χ2n) is 3.63. The molecule has 0 bridgehead atoms. The SMILES string of the molecule is CC(=O)N1CC[C@@H]2[C@H]1C(=O)N2S(=O)(=O)O. The third-order valence-corrected chi connectivity index (χ3v) is 3.74. The zero-order valence-corrected chi connectivity index (χ0v) is 8.77. The van der Waals surface area contributed by atoms with Gasteiger partial charge in [0.25, 0.3) is 5.91 Å². The van der Waals surface area contributed by atoms with Gasteiger partial charge < -0.3 is 4.90 Å². The maximum atomic E-state index is 11.4. The fourth-order valence-corrected chi connectivity index (χ4v) is 3.07. The summed E-state index contributed by atoms with van der Waals surface area (Å²) in [4.78, 5) is 23.8. The Morgan fingerprint density at radius 2 is 2.13 bits per heavy atom. The molecule has 0 spiro atoms. The fraction of sp³-hybridized carbons (Fsp3) is 0.714. The summed E-state index contributed by atoms with van der Waals surface area (Å²) in [6.45, 7) is 1.67. The average molecular weight is 234 g/mol. The van der Waals surface area contributed by atoms with Gasteiger partial charge in [-0.2, -0.15) is 8.42 Å². The molecule has 84 valence electrons. The van der Waals surface area contributed by atoms with Crippen LogP contribution >= 0.6 is 0 Å². The van der Waals surface area contributed by atoms with Crippen LogP contribution < -0.4 is 0 Å². The molecule has 0 aromatic carbocycles. The van der Waals surface area contributed by atoms with Crippen LogP contribution in [0.3, 0.4) is 0 Å². The summed E-state index contributed by atoms with van der Waals surface area (Å²) in [5.41, 5.74) is 0. The monoisotopic (exact) mass is 234 g/mol. The lowest BCUT2D eigenvalue weighted by Gasteiger charge is -2.42.